The molecule has 5 heteroatoms. The molecule has 0 radical (unpaired) electrons. The molecule has 21 heavy (non-hydrogen) atoms. The minimum absolute atomic E-state index is 0.364. The van der Waals surface area contributed by atoms with Gasteiger partial charge in [-0.1, -0.05) is 39.0 Å². The monoisotopic (exact) mass is 312 g/mol. The standard InChI is InChI=1S/C16H28N2O2S/c1-4-5-6-7-8-9-10-18-21(19,20)16-13(2)11-15(17)12-14(16)3/h11-12,18H,4-10,17H2,1-3H3. The van der Waals surface area contributed by atoms with Crippen molar-refractivity contribution < 1.29 is 8.42 Å². The van der Waals surface area contributed by atoms with Crippen molar-refractivity contribution in [3.8, 4) is 0 Å². The first-order chi connectivity index (χ1) is 9.88. The maximum atomic E-state index is 12.4. The number of rotatable bonds is 9. The van der Waals surface area contributed by atoms with Crippen LogP contribution in [0.1, 0.15) is 56.6 Å². The summed E-state index contributed by atoms with van der Waals surface area (Å²) in [6.45, 7) is 6.24. The van der Waals surface area contributed by atoms with E-state index in [2.05, 4.69) is 11.6 Å². The van der Waals surface area contributed by atoms with Crippen LogP contribution in [-0.2, 0) is 10.0 Å². The molecule has 0 atom stereocenters. The molecule has 1 aromatic rings. The summed E-state index contributed by atoms with van der Waals surface area (Å²) in [4.78, 5) is 0.364. The Bertz CT molecular complexity index is 530. The highest BCUT2D eigenvalue weighted by atomic mass is 32.2. The van der Waals surface area contributed by atoms with E-state index in [0.29, 0.717) is 28.3 Å². The zero-order valence-corrected chi connectivity index (χ0v) is 14.2. The van der Waals surface area contributed by atoms with Crippen molar-refractivity contribution in [1.29, 1.82) is 0 Å². The van der Waals surface area contributed by atoms with Gasteiger partial charge in [0, 0.05) is 12.2 Å². The van der Waals surface area contributed by atoms with Gasteiger partial charge < -0.3 is 5.73 Å². The summed E-state index contributed by atoms with van der Waals surface area (Å²) in [7, 11) is -3.44. The van der Waals surface area contributed by atoms with E-state index in [0.717, 1.165) is 12.8 Å². The maximum absolute atomic E-state index is 12.4. The number of sulfonamides is 1. The minimum Gasteiger partial charge on any atom is -0.399 e. The van der Waals surface area contributed by atoms with Gasteiger partial charge in [0.1, 0.15) is 0 Å². The average Bonchev–Trinajstić information content (AvgIpc) is 2.35. The summed E-state index contributed by atoms with van der Waals surface area (Å²) in [6, 6.07) is 3.40. The molecule has 3 N–H and O–H groups in total. The second kappa shape index (κ2) is 8.39. The smallest absolute Gasteiger partial charge is 0.241 e. The summed E-state index contributed by atoms with van der Waals surface area (Å²) in [5.41, 5.74) is 7.73. The van der Waals surface area contributed by atoms with Gasteiger partial charge in [-0.05, 0) is 43.5 Å². The van der Waals surface area contributed by atoms with E-state index in [9.17, 15) is 8.42 Å². The highest BCUT2D eigenvalue weighted by Gasteiger charge is 2.19. The average molecular weight is 312 g/mol. The van der Waals surface area contributed by atoms with Crippen LogP contribution in [0.15, 0.2) is 17.0 Å². The minimum atomic E-state index is -3.44. The molecule has 0 aromatic heterocycles. The molecule has 0 amide bonds. The number of nitrogens with one attached hydrogen (secondary N) is 1. The third-order valence-electron chi connectivity index (χ3n) is 3.57. The van der Waals surface area contributed by atoms with Crippen LogP contribution in [0.3, 0.4) is 0 Å². The molecule has 0 bridgehead atoms. The molecule has 0 aliphatic heterocycles. The first-order valence-corrected chi connectivity index (χ1v) is 9.23. The predicted molar refractivity (Wildman–Crippen MR) is 88.9 cm³/mol. The van der Waals surface area contributed by atoms with Crippen molar-refractivity contribution >= 4 is 15.7 Å². The Balaban J connectivity index is 2.55. The second-order valence-electron chi connectivity index (χ2n) is 5.65. The van der Waals surface area contributed by atoms with Crippen LogP contribution in [0.25, 0.3) is 0 Å². The zero-order valence-electron chi connectivity index (χ0n) is 13.4. The third kappa shape index (κ3) is 5.67. The van der Waals surface area contributed by atoms with Crippen molar-refractivity contribution in [2.24, 2.45) is 0 Å². The maximum Gasteiger partial charge on any atom is 0.241 e. The molecule has 1 aromatic carbocycles. The van der Waals surface area contributed by atoms with E-state index in [1.54, 1.807) is 26.0 Å². The van der Waals surface area contributed by atoms with Gasteiger partial charge in [0.2, 0.25) is 10.0 Å². The highest BCUT2D eigenvalue weighted by Crippen LogP contribution is 2.22. The largest absolute Gasteiger partial charge is 0.399 e. The quantitative estimate of drug-likeness (QED) is 0.541. The van der Waals surface area contributed by atoms with Gasteiger partial charge in [-0.2, -0.15) is 0 Å². The van der Waals surface area contributed by atoms with Crippen molar-refractivity contribution in [2.75, 3.05) is 12.3 Å². The summed E-state index contributed by atoms with van der Waals surface area (Å²) < 4.78 is 27.4. The fourth-order valence-electron chi connectivity index (χ4n) is 2.59. The molecule has 0 saturated heterocycles. The number of nitrogen functional groups attached to an aromatic ring is 1. The van der Waals surface area contributed by atoms with Crippen LogP contribution in [0, 0.1) is 13.8 Å². The molecule has 1 rings (SSSR count). The Morgan fingerprint density at radius 1 is 1.00 bits per heavy atom. The van der Waals surface area contributed by atoms with Crippen LogP contribution in [0.5, 0.6) is 0 Å². The number of hydrogen-bond donors (Lipinski definition) is 2. The number of aryl methyl sites for hydroxylation is 2. The molecule has 0 spiro atoms. The van der Waals surface area contributed by atoms with Crippen molar-refractivity contribution in [2.45, 2.75) is 64.2 Å². The summed E-state index contributed by atoms with van der Waals surface area (Å²) >= 11 is 0. The number of benzene rings is 1. The van der Waals surface area contributed by atoms with Gasteiger partial charge in [0.05, 0.1) is 4.90 Å². The van der Waals surface area contributed by atoms with E-state index in [1.165, 1.54) is 25.7 Å². The van der Waals surface area contributed by atoms with Gasteiger partial charge in [-0.3, -0.25) is 0 Å². The molecule has 0 heterocycles. The Morgan fingerprint density at radius 3 is 2.10 bits per heavy atom. The highest BCUT2D eigenvalue weighted by molar-refractivity contribution is 7.89. The summed E-state index contributed by atoms with van der Waals surface area (Å²) in [6.07, 6.45) is 6.85. The number of nitrogens with two attached hydrogens (primary N) is 1. The van der Waals surface area contributed by atoms with Gasteiger partial charge >= 0.3 is 0 Å². The van der Waals surface area contributed by atoms with Crippen LogP contribution in [0.4, 0.5) is 5.69 Å². The second-order valence-corrected chi connectivity index (χ2v) is 7.35. The molecule has 0 unspecified atom stereocenters. The Hall–Kier alpha value is -1.07. The molecular weight excluding hydrogens is 284 g/mol. The lowest BCUT2D eigenvalue weighted by atomic mass is 10.1. The third-order valence-corrected chi connectivity index (χ3v) is 5.34. The SMILES string of the molecule is CCCCCCCCNS(=O)(=O)c1c(C)cc(N)cc1C. The van der Waals surface area contributed by atoms with Gasteiger partial charge in [-0.15, -0.1) is 0 Å². The normalized spacial score (nSPS) is 11.8. The number of unbranched alkanes of at least 4 members (excludes halogenated alkanes) is 5. The Morgan fingerprint density at radius 2 is 1.52 bits per heavy atom. The van der Waals surface area contributed by atoms with E-state index in [4.69, 9.17) is 5.73 Å². The number of hydrogen-bond acceptors (Lipinski definition) is 3. The van der Waals surface area contributed by atoms with Gasteiger partial charge in [0.15, 0.2) is 0 Å². The Labute approximate surface area is 129 Å². The van der Waals surface area contributed by atoms with Crippen LogP contribution in [-0.4, -0.2) is 15.0 Å². The van der Waals surface area contributed by atoms with Crippen LogP contribution in [0.2, 0.25) is 0 Å². The lowest BCUT2D eigenvalue weighted by Crippen LogP contribution is -2.26. The topological polar surface area (TPSA) is 72.2 Å². The van der Waals surface area contributed by atoms with Gasteiger partial charge in [-0.25, -0.2) is 13.1 Å². The predicted octanol–water partition coefficient (Wildman–Crippen LogP) is 3.52. The first kappa shape index (κ1) is 18.0. The van der Waals surface area contributed by atoms with Crippen molar-refractivity contribution in [1.82, 2.24) is 4.72 Å². The molecule has 0 aliphatic carbocycles. The molecule has 0 saturated carbocycles. The van der Waals surface area contributed by atoms with Crippen LogP contribution >= 0.6 is 0 Å². The molecule has 120 valence electrons. The lowest BCUT2D eigenvalue weighted by Gasteiger charge is -2.13. The van der Waals surface area contributed by atoms with E-state index in [1.807, 2.05) is 0 Å². The number of anilines is 1. The van der Waals surface area contributed by atoms with E-state index >= 15 is 0 Å². The zero-order chi connectivity index (χ0) is 15.9. The Kier molecular flexibility index (Phi) is 7.18. The van der Waals surface area contributed by atoms with E-state index in [-0.39, 0.29) is 0 Å². The van der Waals surface area contributed by atoms with E-state index < -0.39 is 10.0 Å². The fourth-order valence-corrected chi connectivity index (χ4v) is 4.11. The molecule has 0 fully saturated rings. The molecule has 0 aliphatic rings. The molecular formula is C16H28N2O2S. The molecule has 4 nitrogen and oxygen atoms in total. The van der Waals surface area contributed by atoms with Crippen LogP contribution < -0.4 is 10.5 Å². The van der Waals surface area contributed by atoms with Crippen molar-refractivity contribution in [3.05, 3.63) is 23.3 Å². The summed E-state index contributed by atoms with van der Waals surface area (Å²) in [5, 5.41) is 0. The summed E-state index contributed by atoms with van der Waals surface area (Å²) in [5.74, 6) is 0. The van der Waals surface area contributed by atoms with Crippen molar-refractivity contribution in [3.63, 3.8) is 0 Å². The lowest BCUT2D eigenvalue weighted by molar-refractivity contribution is 0.566. The fraction of sp³-hybridized carbons (Fsp3) is 0.625. The first-order valence-electron chi connectivity index (χ1n) is 7.75. The van der Waals surface area contributed by atoms with Gasteiger partial charge in [0.25, 0.3) is 0 Å².